The molecule has 1 heterocycles. The van der Waals surface area contributed by atoms with E-state index in [4.69, 9.17) is 10.5 Å². The Labute approximate surface area is 156 Å². The number of primary amides is 1. The molecule has 0 spiro atoms. The maximum absolute atomic E-state index is 12.8. The lowest BCUT2D eigenvalue weighted by atomic mass is 10.0. The number of aromatic nitrogens is 2. The molecule has 3 rings (SSSR count). The monoisotopic (exact) mass is 364 g/mol. The summed E-state index contributed by atoms with van der Waals surface area (Å²) in [4.78, 5) is 24.3. The zero-order valence-corrected chi connectivity index (χ0v) is 14.8. The summed E-state index contributed by atoms with van der Waals surface area (Å²) in [6.07, 6.45) is 1.46. The van der Waals surface area contributed by atoms with Crippen LogP contribution in [0.1, 0.15) is 28.4 Å². The van der Waals surface area contributed by atoms with Crippen LogP contribution in [-0.2, 0) is 4.79 Å². The highest BCUT2D eigenvalue weighted by Gasteiger charge is 2.21. The highest BCUT2D eigenvalue weighted by molar-refractivity contribution is 6.00. The lowest BCUT2D eigenvalue weighted by Crippen LogP contribution is -2.31. The Kier molecular flexibility index (Phi) is 5.51. The fourth-order valence-electron chi connectivity index (χ4n) is 2.81. The Morgan fingerprint density at radius 1 is 1.15 bits per heavy atom. The second-order valence-electron chi connectivity index (χ2n) is 5.99. The summed E-state index contributed by atoms with van der Waals surface area (Å²) in [5.41, 5.74) is 7.92. The summed E-state index contributed by atoms with van der Waals surface area (Å²) in [6, 6.07) is 16.0. The minimum absolute atomic E-state index is 0.00543. The van der Waals surface area contributed by atoms with Gasteiger partial charge in [0.25, 0.3) is 5.91 Å². The van der Waals surface area contributed by atoms with Crippen molar-refractivity contribution in [3.63, 3.8) is 0 Å². The summed E-state index contributed by atoms with van der Waals surface area (Å²) in [5, 5.41) is 9.72. The highest BCUT2D eigenvalue weighted by atomic mass is 16.5. The van der Waals surface area contributed by atoms with E-state index in [2.05, 4.69) is 15.5 Å². The number of benzene rings is 2. The lowest BCUT2D eigenvalue weighted by molar-refractivity contribution is -0.118. The molecule has 0 unspecified atom stereocenters. The number of nitrogens with zero attached hydrogens (tertiary/aromatic N) is 1. The Morgan fingerprint density at radius 2 is 1.85 bits per heavy atom. The van der Waals surface area contributed by atoms with Crippen molar-refractivity contribution < 1.29 is 14.3 Å². The molecular formula is C20H20N4O3. The van der Waals surface area contributed by atoms with Gasteiger partial charge in [0, 0.05) is 5.56 Å². The van der Waals surface area contributed by atoms with Crippen LogP contribution in [0.4, 0.5) is 0 Å². The lowest BCUT2D eigenvalue weighted by Gasteiger charge is -2.18. The van der Waals surface area contributed by atoms with Crippen molar-refractivity contribution in [1.29, 1.82) is 0 Å². The van der Waals surface area contributed by atoms with Crippen LogP contribution in [0.3, 0.4) is 0 Å². The van der Waals surface area contributed by atoms with Gasteiger partial charge in [-0.3, -0.25) is 14.7 Å². The standard InChI is InChI=1S/C20H20N4O3/c1-27-15-9-7-14(8-10-15)19-16(12-22-24-19)20(26)23-17(11-18(21)25)13-5-3-2-4-6-13/h2-10,12,17H,11H2,1H3,(H2,21,25)(H,22,24)(H,23,26)/t17-/m0/s1. The van der Waals surface area contributed by atoms with Gasteiger partial charge in [-0.1, -0.05) is 30.3 Å². The normalized spacial score (nSPS) is 11.6. The first-order chi connectivity index (χ1) is 13.1. The minimum atomic E-state index is -0.519. The quantitative estimate of drug-likeness (QED) is 0.598. The Morgan fingerprint density at radius 3 is 2.48 bits per heavy atom. The van der Waals surface area contributed by atoms with Crippen molar-refractivity contribution in [3.05, 3.63) is 71.9 Å². The number of methoxy groups -OCH3 is 1. The largest absolute Gasteiger partial charge is 0.497 e. The maximum atomic E-state index is 12.8. The van der Waals surface area contributed by atoms with E-state index in [-0.39, 0.29) is 12.3 Å². The number of hydrogen-bond acceptors (Lipinski definition) is 4. The van der Waals surface area contributed by atoms with E-state index >= 15 is 0 Å². The summed E-state index contributed by atoms with van der Waals surface area (Å²) >= 11 is 0. The maximum Gasteiger partial charge on any atom is 0.255 e. The Bertz CT molecular complexity index is 920. The van der Waals surface area contributed by atoms with Gasteiger partial charge < -0.3 is 15.8 Å². The van der Waals surface area contributed by atoms with E-state index in [1.54, 1.807) is 19.2 Å². The summed E-state index contributed by atoms with van der Waals surface area (Å²) < 4.78 is 5.15. The van der Waals surface area contributed by atoms with Crippen LogP contribution in [0.15, 0.2) is 60.8 Å². The van der Waals surface area contributed by atoms with Gasteiger partial charge in [-0.25, -0.2) is 0 Å². The molecule has 1 atom stereocenters. The van der Waals surface area contributed by atoms with Crippen LogP contribution in [0.5, 0.6) is 5.75 Å². The van der Waals surface area contributed by atoms with Gasteiger partial charge in [-0.2, -0.15) is 5.10 Å². The predicted molar refractivity (Wildman–Crippen MR) is 101 cm³/mol. The Balaban J connectivity index is 1.85. The summed E-state index contributed by atoms with van der Waals surface area (Å²) in [5.74, 6) is -0.119. The highest BCUT2D eigenvalue weighted by Crippen LogP contribution is 2.25. The fraction of sp³-hybridized carbons (Fsp3) is 0.150. The molecule has 27 heavy (non-hydrogen) atoms. The molecule has 3 aromatic rings. The number of amides is 2. The molecular weight excluding hydrogens is 344 g/mol. The Hall–Kier alpha value is -3.61. The molecule has 2 aromatic carbocycles. The number of nitrogens with one attached hydrogen (secondary N) is 2. The van der Waals surface area contributed by atoms with Gasteiger partial charge in [0.2, 0.25) is 5.91 Å². The molecule has 0 saturated carbocycles. The van der Waals surface area contributed by atoms with E-state index in [1.165, 1.54) is 6.20 Å². The number of carbonyl (C=O) groups is 2. The molecule has 0 bridgehead atoms. The second-order valence-corrected chi connectivity index (χ2v) is 5.99. The summed E-state index contributed by atoms with van der Waals surface area (Å²) in [6.45, 7) is 0. The van der Waals surface area contributed by atoms with Crippen LogP contribution in [-0.4, -0.2) is 29.1 Å². The van der Waals surface area contributed by atoms with Crippen molar-refractivity contribution in [3.8, 4) is 17.0 Å². The third kappa shape index (κ3) is 4.33. The van der Waals surface area contributed by atoms with Gasteiger partial charge in [0.15, 0.2) is 0 Å². The number of rotatable bonds is 7. The average molecular weight is 364 g/mol. The third-order valence-corrected chi connectivity index (χ3v) is 4.18. The van der Waals surface area contributed by atoms with Gasteiger partial charge in [-0.05, 0) is 29.8 Å². The zero-order chi connectivity index (χ0) is 19.2. The molecule has 0 aliphatic carbocycles. The van der Waals surface area contributed by atoms with Crippen LogP contribution in [0, 0.1) is 0 Å². The van der Waals surface area contributed by atoms with Crippen LogP contribution >= 0.6 is 0 Å². The molecule has 0 radical (unpaired) electrons. The van der Waals surface area contributed by atoms with Crippen molar-refractivity contribution in [2.24, 2.45) is 5.73 Å². The number of ether oxygens (including phenoxy) is 1. The van der Waals surface area contributed by atoms with Crippen LogP contribution in [0.25, 0.3) is 11.3 Å². The van der Waals surface area contributed by atoms with Crippen molar-refractivity contribution in [2.75, 3.05) is 7.11 Å². The molecule has 7 nitrogen and oxygen atoms in total. The molecule has 7 heteroatoms. The molecule has 138 valence electrons. The molecule has 0 fully saturated rings. The predicted octanol–water partition coefficient (Wildman–Crippen LogP) is 2.43. The molecule has 1 aromatic heterocycles. The molecule has 4 N–H and O–H groups in total. The number of carbonyl (C=O) groups excluding carboxylic acids is 2. The van der Waals surface area contributed by atoms with Crippen LogP contribution in [0.2, 0.25) is 0 Å². The second kappa shape index (κ2) is 8.18. The molecule has 0 saturated heterocycles. The van der Waals surface area contributed by atoms with E-state index in [0.29, 0.717) is 11.3 Å². The molecule has 0 aliphatic rings. The molecule has 0 aliphatic heterocycles. The van der Waals surface area contributed by atoms with E-state index in [1.807, 2.05) is 42.5 Å². The van der Waals surface area contributed by atoms with Gasteiger partial charge in [0.05, 0.1) is 37.0 Å². The van der Waals surface area contributed by atoms with Crippen LogP contribution < -0.4 is 15.8 Å². The third-order valence-electron chi connectivity index (χ3n) is 4.18. The van der Waals surface area contributed by atoms with Gasteiger partial charge in [0.1, 0.15) is 5.75 Å². The number of aromatic amines is 1. The van der Waals surface area contributed by atoms with E-state index in [9.17, 15) is 9.59 Å². The first-order valence-electron chi connectivity index (χ1n) is 8.40. The molecule has 2 amide bonds. The average Bonchev–Trinajstić information content (AvgIpc) is 3.18. The number of H-pyrrole nitrogens is 1. The summed E-state index contributed by atoms with van der Waals surface area (Å²) in [7, 11) is 1.59. The zero-order valence-electron chi connectivity index (χ0n) is 14.8. The van der Waals surface area contributed by atoms with E-state index in [0.717, 1.165) is 16.9 Å². The first-order valence-corrected chi connectivity index (χ1v) is 8.40. The fourth-order valence-corrected chi connectivity index (χ4v) is 2.81. The first kappa shape index (κ1) is 18.2. The number of hydrogen-bond donors (Lipinski definition) is 3. The van der Waals surface area contributed by atoms with Gasteiger partial charge in [-0.15, -0.1) is 0 Å². The number of nitrogens with two attached hydrogens (primary N) is 1. The van der Waals surface area contributed by atoms with Gasteiger partial charge >= 0.3 is 0 Å². The topological polar surface area (TPSA) is 110 Å². The smallest absolute Gasteiger partial charge is 0.255 e. The van der Waals surface area contributed by atoms with Crippen molar-refractivity contribution >= 4 is 11.8 Å². The van der Waals surface area contributed by atoms with Crippen molar-refractivity contribution in [2.45, 2.75) is 12.5 Å². The van der Waals surface area contributed by atoms with E-state index < -0.39 is 11.9 Å². The SMILES string of the molecule is COc1ccc(-c2[nH]ncc2C(=O)N[C@@H](CC(N)=O)c2ccccc2)cc1. The van der Waals surface area contributed by atoms with Crippen molar-refractivity contribution in [1.82, 2.24) is 15.5 Å². The minimum Gasteiger partial charge on any atom is -0.497 e.